The van der Waals surface area contributed by atoms with Gasteiger partial charge in [0.25, 0.3) is 0 Å². The molecule has 1 aliphatic rings. The van der Waals surface area contributed by atoms with E-state index in [-0.39, 0.29) is 12.6 Å². The van der Waals surface area contributed by atoms with Crippen LogP contribution in [0.25, 0.3) is 11.2 Å². The Morgan fingerprint density at radius 3 is 2.64 bits per heavy atom. The van der Waals surface area contributed by atoms with E-state index in [9.17, 15) is 15.3 Å². The quantitative estimate of drug-likeness (QED) is 0.503. The van der Waals surface area contributed by atoms with Crippen molar-refractivity contribution in [3.8, 4) is 0 Å². The maximum absolute atomic E-state index is 10.3. The summed E-state index contributed by atoms with van der Waals surface area (Å²) in [6.07, 6.45) is 0.0147. The summed E-state index contributed by atoms with van der Waals surface area (Å²) >= 11 is 0. The molecule has 4 N–H and O–H groups in total. The zero-order valence-corrected chi connectivity index (χ0v) is 15.5. The molecule has 0 spiro atoms. The molecule has 5 unspecified atom stereocenters. The van der Waals surface area contributed by atoms with Gasteiger partial charge >= 0.3 is 0 Å². The summed E-state index contributed by atoms with van der Waals surface area (Å²) in [4.78, 5) is 8.81. The number of hydrogen-bond donors (Lipinski definition) is 4. The van der Waals surface area contributed by atoms with E-state index in [2.05, 4.69) is 34.3 Å². The summed E-state index contributed by atoms with van der Waals surface area (Å²) in [6, 6.07) is 12.3. The van der Waals surface area contributed by atoms with Crippen molar-refractivity contribution in [2.24, 2.45) is 0 Å². The predicted octanol–water partition coefficient (Wildman–Crippen LogP) is 1.09. The monoisotopic (exact) mass is 384 g/mol. The van der Waals surface area contributed by atoms with E-state index < -0.39 is 24.5 Å². The first-order valence-electron chi connectivity index (χ1n) is 9.33. The fourth-order valence-electron chi connectivity index (χ4n) is 3.63. The third-order valence-electron chi connectivity index (χ3n) is 5.04. The minimum Gasteiger partial charge on any atom is -0.394 e. The van der Waals surface area contributed by atoms with E-state index in [1.807, 2.05) is 24.3 Å². The summed E-state index contributed by atoms with van der Waals surface area (Å²) in [7, 11) is 0. The van der Waals surface area contributed by atoms with Gasteiger partial charge in [0.15, 0.2) is 11.9 Å². The van der Waals surface area contributed by atoms with Crippen molar-refractivity contribution < 1.29 is 20.1 Å². The van der Waals surface area contributed by atoms with Crippen LogP contribution < -0.4 is 5.32 Å². The lowest BCUT2D eigenvalue weighted by Crippen LogP contribution is -2.33. The van der Waals surface area contributed by atoms with Crippen LogP contribution in [0.2, 0.25) is 0 Å². The number of imidazole rings is 1. The van der Waals surface area contributed by atoms with Crippen LogP contribution in [-0.4, -0.2) is 60.8 Å². The number of rotatable bonds is 6. The van der Waals surface area contributed by atoms with Crippen LogP contribution in [0.4, 0.5) is 5.69 Å². The molecule has 3 heterocycles. The number of nitrogens with one attached hydrogen (secondary N) is 1. The highest BCUT2D eigenvalue weighted by Gasteiger charge is 2.43. The highest BCUT2D eigenvalue weighted by atomic mass is 16.6. The highest BCUT2D eigenvalue weighted by Crippen LogP contribution is 2.32. The third kappa shape index (κ3) is 3.47. The molecule has 3 aromatic rings. The van der Waals surface area contributed by atoms with Gasteiger partial charge in [0.2, 0.25) is 0 Å². The average molecular weight is 384 g/mol. The van der Waals surface area contributed by atoms with Gasteiger partial charge in [-0.25, -0.2) is 9.97 Å². The summed E-state index contributed by atoms with van der Waals surface area (Å²) in [5.74, 6) is 0. The van der Waals surface area contributed by atoms with Gasteiger partial charge in [0, 0.05) is 12.2 Å². The number of fused-ring (bicyclic) bond motifs is 1. The second-order valence-electron chi connectivity index (χ2n) is 7.15. The fraction of sp³-hybridized carbons (Fsp3) is 0.400. The number of benzene rings is 1. The van der Waals surface area contributed by atoms with Crippen molar-refractivity contribution in [1.82, 2.24) is 14.5 Å². The van der Waals surface area contributed by atoms with Gasteiger partial charge in [-0.15, -0.1) is 0 Å². The van der Waals surface area contributed by atoms with Gasteiger partial charge < -0.3 is 25.4 Å². The Labute approximate surface area is 162 Å². The largest absolute Gasteiger partial charge is 0.394 e. The van der Waals surface area contributed by atoms with E-state index in [0.717, 1.165) is 12.1 Å². The van der Waals surface area contributed by atoms with Crippen LogP contribution in [0, 0.1) is 0 Å². The standard InChI is InChI=1S/C20H24N4O4/c1-12(9-13-5-3-2-4-6-13)23-14-7-8-21-19-16(14)22-11-24(19)20-18(27)17(26)15(10-25)28-20/h2-8,11-12,15,17-18,20,25-27H,9-10H2,1H3,(H,21,23). The zero-order chi connectivity index (χ0) is 19.7. The molecule has 8 heteroatoms. The number of pyridine rings is 1. The number of hydrogen-bond acceptors (Lipinski definition) is 7. The number of anilines is 1. The molecule has 0 amide bonds. The van der Waals surface area contributed by atoms with Crippen LogP contribution in [0.15, 0.2) is 48.9 Å². The average Bonchev–Trinajstić information content (AvgIpc) is 3.25. The molecule has 0 bridgehead atoms. The number of nitrogens with zero attached hydrogens (tertiary/aromatic N) is 3. The van der Waals surface area contributed by atoms with E-state index in [0.29, 0.717) is 11.2 Å². The molecule has 1 fully saturated rings. The van der Waals surface area contributed by atoms with Crippen molar-refractivity contribution in [1.29, 1.82) is 0 Å². The number of aliphatic hydroxyl groups excluding tert-OH is 3. The van der Waals surface area contributed by atoms with Gasteiger partial charge in [0.05, 0.1) is 18.6 Å². The lowest BCUT2D eigenvalue weighted by atomic mass is 10.1. The number of ether oxygens (including phenoxy) is 1. The maximum Gasteiger partial charge on any atom is 0.165 e. The molecule has 0 saturated carbocycles. The Morgan fingerprint density at radius 1 is 1.14 bits per heavy atom. The molecule has 1 aromatic carbocycles. The summed E-state index contributed by atoms with van der Waals surface area (Å²) in [6.45, 7) is 1.72. The normalized spacial score (nSPS) is 25.9. The number of aliphatic hydroxyl groups is 3. The molecule has 2 aromatic heterocycles. The van der Waals surface area contributed by atoms with Crippen molar-refractivity contribution in [2.75, 3.05) is 11.9 Å². The zero-order valence-electron chi connectivity index (χ0n) is 15.5. The lowest BCUT2D eigenvalue weighted by molar-refractivity contribution is -0.0511. The molecule has 0 radical (unpaired) electrons. The molecular formula is C20H24N4O4. The SMILES string of the molecule is CC(Cc1ccccc1)Nc1ccnc2c1ncn2C1OC(CO)C(O)C1O. The molecule has 8 nitrogen and oxygen atoms in total. The Balaban J connectivity index is 1.57. The Hall–Kier alpha value is -2.52. The fourth-order valence-corrected chi connectivity index (χ4v) is 3.63. The second-order valence-corrected chi connectivity index (χ2v) is 7.15. The molecule has 4 rings (SSSR count). The van der Waals surface area contributed by atoms with E-state index in [1.165, 1.54) is 11.9 Å². The maximum atomic E-state index is 10.3. The van der Waals surface area contributed by atoms with E-state index >= 15 is 0 Å². The Bertz CT molecular complexity index is 932. The van der Waals surface area contributed by atoms with Crippen molar-refractivity contribution in [2.45, 2.75) is 43.9 Å². The van der Waals surface area contributed by atoms with E-state index in [4.69, 9.17) is 4.74 Å². The van der Waals surface area contributed by atoms with Crippen molar-refractivity contribution in [3.63, 3.8) is 0 Å². The first-order chi connectivity index (χ1) is 13.6. The molecule has 1 aliphatic heterocycles. The first kappa shape index (κ1) is 18.8. The van der Waals surface area contributed by atoms with Crippen LogP contribution in [-0.2, 0) is 11.2 Å². The molecule has 0 aliphatic carbocycles. The van der Waals surface area contributed by atoms with E-state index in [1.54, 1.807) is 10.8 Å². The van der Waals surface area contributed by atoms with Gasteiger partial charge in [-0.3, -0.25) is 4.57 Å². The summed E-state index contributed by atoms with van der Waals surface area (Å²) in [5, 5.41) is 33.1. The minimum atomic E-state index is -1.18. The summed E-state index contributed by atoms with van der Waals surface area (Å²) in [5.41, 5.74) is 3.26. The van der Waals surface area contributed by atoms with Crippen LogP contribution in [0.3, 0.4) is 0 Å². The molecular weight excluding hydrogens is 360 g/mol. The first-order valence-corrected chi connectivity index (χ1v) is 9.33. The van der Waals surface area contributed by atoms with Crippen molar-refractivity contribution in [3.05, 3.63) is 54.5 Å². The van der Waals surface area contributed by atoms with Crippen LogP contribution >= 0.6 is 0 Å². The minimum absolute atomic E-state index is 0.173. The Morgan fingerprint density at radius 2 is 1.93 bits per heavy atom. The molecule has 5 atom stereocenters. The smallest absolute Gasteiger partial charge is 0.165 e. The topological polar surface area (TPSA) is 113 Å². The van der Waals surface area contributed by atoms with Gasteiger partial charge in [0.1, 0.15) is 23.8 Å². The number of aromatic nitrogens is 3. The highest BCUT2D eigenvalue weighted by molar-refractivity contribution is 5.85. The summed E-state index contributed by atoms with van der Waals surface area (Å²) < 4.78 is 7.19. The lowest BCUT2D eigenvalue weighted by Gasteiger charge is -2.18. The third-order valence-corrected chi connectivity index (χ3v) is 5.04. The molecule has 1 saturated heterocycles. The Kier molecular flexibility index (Phi) is 5.27. The van der Waals surface area contributed by atoms with Gasteiger partial charge in [-0.05, 0) is 25.0 Å². The van der Waals surface area contributed by atoms with Gasteiger partial charge in [-0.1, -0.05) is 30.3 Å². The van der Waals surface area contributed by atoms with Crippen LogP contribution in [0.1, 0.15) is 18.7 Å². The predicted molar refractivity (Wildman–Crippen MR) is 104 cm³/mol. The van der Waals surface area contributed by atoms with Crippen LogP contribution in [0.5, 0.6) is 0 Å². The molecule has 148 valence electrons. The molecule has 28 heavy (non-hydrogen) atoms. The van der Waals surface area contributed by atoms with Crippen molar-refractivity contribution >= 4 is 16.9 Å². The van der Waals surface area contributed by atoms with Gasteiger partial charge in [-0.2, -0.15) is 0 Å². The second kappa shape index (κ2) is 7.84.